The molecule has 0 saturated carbocycles. The van der Waals surface area contributed by atoms with Gasteiger partial charge in [0, 0.05) is 21.2 Å². The fourth-order valence-electron chi connectivity index (χ4n) is 2.38. The van der Waals surface area contributed by atoms with E-state index in [-0.39, 0.29) is 11.4 Å². The number of aromatic nitrogens is 1. The summed E-state index contributed by atoms with van der Waals surface area (Å²) in [5, 5.41) is 10.3. The average molecular weight is 419 g/mol. The smallest absolute Gasteiger partial charge is 0.142 e. The molecule has 0 aliphatic rings. The van der Waals surface area contributed by atoms with E-state index in [1.165, 1.54) is 0 Å². The molecule has 0 saturated heterocycles. The number of pyridine rings is 1. The van der Waals surface area contributed by atoms with Crippen LogP contribution in [0.1, 0.15) is 5.56 Å². The molecule has 1 aromatic heterocycles. The molecule has 0 spiro atoms. The molecule has 6 heteroatoms. The van der Waals surface area contributed by atoms with Crippen LogP contribution in [0.25, 0.3) is 22.4 Å². The van der Waals surface area contributed by atoms with Gasteiger partial charge in [-0.15, -0.1) is 0 Å². The lowest BCUT2D eigenvalue weighted by Gasteiger charge is -2.12. The largest absolute Gasteiger partial charge is 0.383 e. The van der Waals surface area contributed by atoms with E-state index in [1.54, 1.807) is 24.3 Å². The van der Waals surface area contributed by atoms with Gasteiger partial charge in [-0.05, 0) is 24.3 Å². The summed E-state index contributed by atoms with van der Waals surface area (Å²) in [6.45, 7) is 0. The third-order valence-corrected chi connectivity index (χ3v) is 4.89. The molecule has 0 fully saturated rings. The Hall–Kier alpha value is -2.06. The summed E-state index contributed by atoms with van der Waals surface area (Å²) >= 11 is 15.8. The molecule has 3 nitrogen and oxygen atoms in total. The topological polar surface area (TPSA) is 62.7 Å². The van der Waals surface area contributed by atoms with E-state index in [1.807, 2.05) is 24.3 Å². The molecule has 0 atom stereocenters. The van der Waals surface area contributed by atoms with E-state index in [2.05, 4.69) is 27.0 Å². The van der Waals surface area contributed by atoms with Gasteiger partial charge in [0.25, 0.3) is 0 Å². The van der Waals surface area contributed by atoms with Crippen LogP contribution in [0.3, 0.4) is 0 Å². The van der Waals surface area contributed by atoms with Gasteiger partial charge in [-0.2, -0.15) is 5.26 Å². The van der Waals surface area contributed by atoms with Crippen LogP contribution in [0.4, 0.5) is 5.82 Å². The standard InChI is InChI=1S/C18H10BrCl2N3/c19-11-6-4-10(5-7-11)16-8-13(14(9-22)18(23)24-16)12-2-1-3-15(20)17(12)21/h1-8H,(H2,23,24). The number of hydrogen-bond donors (Lipinski definition) is 1. The summed E-state index contributed by atoms with van der Waals surface area (Å²) in [5.74, 6) is 0.156. The van der Waals surface area contributed by atoms with Crippen molar-refractivity contribution in [1.82, 2.24) is 4.98 Å². The maximum atomic E-state index is 9.47. The summed E-state index contributed by atoms with van der Waals surface area (Å²) in [5.41, 5.74) is 9.08. The lowest BCUT2D eigenvalue weighted by molar-refractivity contribution is 1.31. The molecule has 0 bridgehead atoms. The van der Waals surface area contributed by atoms with Crippen molar-refractivity contribution in [1.29, 1.82) is 5.26 Å². The minimum atomic E-state index is 0.156. The van der Waals surface area contributed by atoms with Crippen molar-refractivity contribution >= 4 is 44.9 Å². The van der Waals surface area contributed by atoms with Gasteiger partial charge in [-0.25, -0.2) is 4.98 Å². The van der Waals surface area contributed by atoms with Gasteiger partial charge in [0.05, 0.1) is 15.7 Å². The van der Waals surface area contributed by atoms with Crippen molar-refractivity contribution in [2.45, 2.75) is 0 Å². The Labute approximate surface area is 157 Å². The second kappa shape index (κ2) is 6.82. The zero-order valence-corrected chi connectivity index (χ0v) is 15.3. The van der Waals surface area contributed by atoms with Crippen molar-refractivity contribution in [2.75, 3.05) is 5.73 Å². The van der Waals surface area contributed by atoms with Crippen LogP contribution in [0.5, 0.6) is 0 Å². The van der Waals surface area contributed by atoms with Crippen molar-refractivity contribution in [3.05, 3.63) is 68.6 Å². The van der Waals surface area contributed by atoms with Crippen LogP contribution >= 0.6 is 39.1 Å². The van der Waals surface area contributed by atoms with Gasteiger partial charge in [0.2, 0.25) is 0 Å². The molecular formula is C18H10BrCl2N3. The second-order valence-corrected chi connectivity index (χ2v) is 6.74. The number of nitrogens with zero attached hydrogens (tertiary/aromatic N) is 2. The van der Waals surface area contributed by atoms with Gasteiger partial charge < -0.3 is 5.73 Å². The Morgan fingerprint density at radius 3 is 2.42 bits per heavy atom. The van der Waals surface area contributed by atoms with Crippen LogP contribution in [0.2, 0.25) is 10.0 Å². The highest BCUT2D eigenvalue weighted by Gasteiger charge is 2.16. The van der Waals surface area contributed by atoms with Crippen LogP contribution in [-0.4, -0.2) is 4.98 Å². The number of benzene rings is 2. The van der Waals surface area contributed by atoms with Gasteiger partial charge in [-0.1, -0.05) is 63.4 Å². The van der Waals surface area contributed by atoms with Crippen molar-refractivity contribution in [3.8, 4) is 28.5 Å². The number of hydrogen-bond acceptors (Lipinski definition) is 3. The highest BCUT2D eigenvalue weighted by Crippen LogP contribution is 2.38. The maximum absolute atomic E-state index is 9.47. The molecule has 0 unspecified atom stereocenters. The number of nitriles is 1. The number of halogens is 3. The quantitative estimate of drug-likeness (QED) is 0.560. The lowest BCUT2D eigenvalue weighted by atomic mass is 9.98. The van der Waals surface area contributed by atoms with E-state index in [4.69, 9.17) is 28.9 Å². The van der Waals surface area contributed by atoms with Crippen molar-refractivity contribution in [3.63, 3.8) is 0 Å². The first-order valence-corrected chi connectivity index (χ1v) is 8.47. The van der Waals surface area contributed by atoms with E-state index in [9.17, 15) is 5.26 Å². The third kappa shape index (κ3) is 3.11. The molecular weight excluding hydrogens is 409 g/mol. The van der Waals surface area contributed by atoms with Crippen molar-refractivity contribution in [2.24, 2.45) is 0 Å². The molecule has 1 heterocycles. The van der Waals surface area contributed by atoms with Crippen LogP contribution in [0.15, 0.2) is 53.0 Å². The third-order valence-electron chi connectivity index (χ3n) is 3.54. The molecule has 24 heavy (non-hydrogen) atoms. The Kier molecular flexibility index (Phi) is 4.77. The normalized spacial score (nSPS) is 10.4. The highest BCUT2D eigenvalue weighted by molar-refractivity contribution is 9.10. The van der Waals surface area contributed by atoms with Gasteiger partial charge in [-0.3, -0.25) is 0 Å². The van der Waals surface area contributed by atoms with Gasteiger partial charge >= 0.3 is 0 Å². The van der Waals surface area contributed by atoms with Gasteiger partial charge in [0.15, 0.2) is 0 Å². The minimum absolute atomic E-state index is 0.156. The van der Waals surface area contributed by atoms with E-state index >= 15 is 0 Å². The summed E-state index contributed by atoms with van der Waals surface area (Å²) in [7, 11) is 0. The lowest BCUT2D eigenvalue weighted by Crippen LogP contribution is -2.00. The van der Waals surface area contributed by atoms with Crippen LogP contribution in [-0.2, 0) is 0 Å². The van der Waals surface area contributed by atoms with Gasteiger partial charge in [0.1, 0.15) is 17.5 Å². The van der Waals surface area contributed by atoms with E-state index in [0.717, 1.165) is 10.0 Å². The second-order valence-electron chi connectivity index (χ2n) is 5.04. The summed E-state index contributed by atoms with van der Waals surface area (Å²) in [6.07, 6.45) is 0. The molecule has 118 valence electrons. The molecule has 2 aromatic carbocycles. The zero-order valence-electron chi connectivity index (χ0n) is 12.2. The predicted molar refractivity (Wildman–Crippen MR) is 102 cm³/mol. The fraction of sp³-hybridized carbons (Fsp3) is 0. The predicted octanol–water partition coefficient (Wildman–Crippen LogP) is 5.94. The first-order chi connectivity index (χ1) is 11.5. The summed E-state index contributed by atoms with van der Waals surface area (Å²) in [6, 6.07) is 16.8. The molecule has 3 aromatic rings. The molecule has 3 rings (SSSR count). The molecule has 2 N–H and O–H groups in total. The molecule has 0 radical (unpaired) electrons. The first kappa shape index (κ1) is 16.8. The Morgan fingerprint density at radius 1 is 1.04 bits per heavy atom. The monoisotopic (exact) mass is 417 g/mol. The molecule has 0 amide bonds. The first-order valence-electron chi connectivity index (χ1n) is 6.92. The van der Waals surface area contributed by atoms with Crippen LogP contribution < -0.4 is 5.73 Å². The minimum Gasteiger partial charge on any atom is -0.383 e. The summed E-state index contributed by atoms with van der Waals surface area (Å²) < 4.78 is 0.964. The Bertz CT molecular complexity index is 963. The van der Waals surface area contributed by atoms with E-state index < -0.39 is 0 Å². The number of nitrogens with two attached hydrogens (primary N) is 1. The highest BCUT2D eigenvalue weighted by atomic mass is 79.9. The molecule has 0 aliphatic heterocycles. The Balaban J connectivity index is 2.27. The van der Waals surface area contributed by atoms with E-state index in [0.29, 0.717) is 26.9 Å². The van der Waals surface area contributed by atoms with Crippen LogP contribution in [0, 0.1) is 11.3 Å². The van der Waals surface area contributed by atoms with Crippen molar-refractivity contribution < 1.29 is 0 Å². The molecule has 0 aliphatic carbocycles. The maximum Gasteiger partial charge on any atom is 0.142 e. The Morgan fingerprint density at radius 2 is 1.75 bits per heavy atom. The fourth-order valence-corrected chi connectivity index (χ4v) is 3.04. The SMILES string of the molecule is N#Cc1c(-c2cccc(Cl)c2Cl)cc(-c2ccc(Br)cc2)nc1N. The number of rotatable bonds is 2. The number of nitrogen functional groups attached to an aromatic ring is 1. The average Bonchev–Trinajstić information content (AvgIpc) is 2.57. The zero-order chi connectivity index (χ0) is 17.3. The number of anilines is 1. The summed E-state index contributed by atoms with van der Waals surface area (Å²) in [4.78, 5) is 4.35.